The molecule has 32 heavy (non-hydrogen) atoms. The van der Waals surface area contributed by atoms with Gasteiger partial charge in [0.05, 0.1) is 15.2 Å². The van der Waals surface area contributed by atoms with Gasteiger partial charge in [-0.05, 0) is 62.4 Å². The second-order valence-corrected chi connectivity index (χ2v) is 9.71. The number of rotatable bonds is 3. The van der Waals surface area contributed by atoms with Crippen LogP contribution in [0.2, 0.25) is 0 Å². The Labute approximate surface area is 192 Å². The number of fused-ring (bicyclic) bond motifs is 1. The van der Waals surface area contributed by atoms with Gasteiger partial charge < -0.3 is 15.1 Å². The van der Waals surface area contributed by atoms with E-state index in [-0.39, 0.29) is 11.9 Å². The van der Waals surface area contributed by atoms with E-state index in [1.54, 1.807) is 17.4 Å². The van der Waals surface area contributed by atoms with Gasteiger partial charge in [-0.2, -0.15) is 0 Å². The van der Waals surface area contributed by atoms with Crippen molar-refractivity contribution in [2.24, 2.45) is 0 Å². The summed E-state index contributed by atoms with van der Waals surface area (Å²) in [7, 11) is 0. The summed E-state index contributed by atoms with van der Waals surface area (Å²) in [4.78, 5) is 34.2. The summed E-state index contributed by atoms with van der Waals surface area (Å²) < 4.78 is 1.22. The van der Waals surface area contributed by atoms with Crippen molar-refractivity contribution in [2.75, 3.05) is 31.5 Å². The van der Waals surface area contributed by atoms with Gasteiger partial charge in [-0.1, -0.05) is 18.2 Å². The van der Waals surface area contributed by atoms with Crippen LogP contribution in [0.15, 0.2) is 48.5 Å². The summed E-state index contributed by atoms with van der Waals surface area (Å²) >= 11 is 1.77. The maximum Gasteiger partial charge on any atom is 0.321 e. The predicted octanol–water partition coefficient (Wildman–Crippen LogP) is 5.33. The molecule has 7 heteroatoms. The number of carbonyl (C=O) groups excluding carboxylic acids is 2. The highest BCUT2D eigenvalue weighted by Crippen LogP contribution is 2.34. The molecule has 1 N–H and O–H groups in total. The van der Waals surface area contributed by atoms with Crippen LogP contribution in [0.25, 0.3) is 10.2 Å². The van der Waals surface area contributed by atoms with Gasteiger partial charge in [0, 0.05) is 43.3 Å². The lowest BCUT2D eigenvalue weighted by Crippen LogP contribution is -2.40. The quantitative estimate of drug-likeness (QED) is 0.589. The Morgan fingerprint density at radius 1 is 0.906 bits per heavy atom. The normalized spacial score (nSPS) is 17.5. The Bertz CT molecular complexity index is 1080. The molecule has 2 aliphatic heterocycles. The van der Waals surface area contributed by atoms with E-state index in [0.717, 1.165) is 44.3 Å². The Hall–Kier alpha value is -2.93. The van der Waals surface area contributed by atoms with Gasteiger partial charge in [0.2, 0.25) is 0 Å². The number of amides is 3. The number of aromatic nitrogens is 1. The molecule has 2 saturated heterocycles. The fraction of sp³-hybridized carbons (Fsp3) is 0.400. The van der Waals surface area contributed by atoms with Crippen molar-refractivity contribution < 1.29 is 9.59 Å². The van der Waals surface area contributed by atoms with Crippen LogP contribution in [-0.4, -0.2) is 52.9 Å². The van der Waals surface area contributed by atoms with E-state index in [1.165, 1.54) is 16.1 Å². The number of para-hydroxylation sites is 1. The zero-order valence-electron chi connectivity index (χ0n) is 18.1. The summed E-state index contributed by atoms with van der Waals surface area (Å²) in [5.41, 5.74) is 2.37. The van der Waals surface area contributed by atoms with Crippen LogP contribution in [0.4, 0.5) is 10.5 Å². The van der Waals surface area contributed by atoms with E-state index in [1.807, 2.05) is 40.1 Å². The van der Waals surface area contributed by atoms with Crippen LogP contribution in [0, 0.1) is 0 Å². The first-order valence-electron chi connectivity index (χ1n) is 11.5. The Morgan fingerprint density at radius 3 is 2.47 bits per heavy atom. The Morgan fingerprint density at radius 2 is 1.69 bits per heavy atom. The molecule has 0 unspecified atom stereocenters. The maximum absolute atomic E-state index is 12.8. The lowest BCUT2D eigenvalue weighted by Gasteiger charge is -2.31. The van der Waals surface area contributed by atoms with Crippen LogP contribution >= 0.6 is 11.3 Å². The zero-order valence-corrected chi connectivity index (χ0v) is 18.9. The number of urea groups is 1. The molecule has 3 amide bonds. The molecule has 1 aromatic heterocycles. The molecule has 0 spiro atoms. The summed E-state index contributed by atoms with van der Waals surface area (Å²) in [5.74, 6) is 0.458. The van der Waals surface area contributed by atoms with Gasteiger partial charge in [-0.3, -0.25) is 4.79 Å². The predicted molar refractivity (Wildman–Crippen MR) is 128 cm³/mol. The van der Waals surface area contributed by atoms with Crippen molar-refractivity contribution in [3.63, 3.8) is 0 Å². The number of hydrogen-bond acceptors (Lipinski definition) is 4. The second kappa shape index (κ2) is 9.28. The number of anilines is 1. The molecule has 0 saturated carbocycles. The third kappa shape index (κ3) is 4.48. The molecule has 6 nitrogen and oxygen atoms in total. The zero-order chi connectivity index (χ0) is 21.9. The molecule has 0 aliphatic carbocycles. The number of carbonyl (C=O) groups is 2. The molecule has 2 aromatic carbocycles. The van der Waals surface area contributed by atoms with Gasteiger partial charge in [-0.15, -0.1) is 11.3 Å². The molecule has 3 aromatic rings. The van der Waals surface area contributed by atoms with Crippen molar-refractivity contribution in [3.05, 3.63) is 59.1 Å². The van der Waals surface area contributed by atoms with Crippen LogP contribution in [0.3, 0.4) is 0 Å². The van der Waals surface area contributed by atoms with Crippen LogP contribution in [-0.2, 0) is 0 Å². The molecule has 0 bridgehead atoms. The topological polar surface area (TPSA) is 65.5 Å². The number of likely N-dealkylation sites (tertiary alicyclic amines) is 2. The largest absolute Gasteiger partial charge is 0.339 e. The average Bonchev–Trinajstić information content (AvgIpc) is 3.29. The Kier molecular flexibility index (Phi) is 6.08. The molecular formula is C25H28N4O2S. The van der Waals surface area contributed by atoms with Gasteiger partial charge in [0.15, 0.2) is 0 Å². The molecule has 0 radical (unpaired) electrons. The van der Waals surface area contributed by atoms with Crippen LogP contribution < -0.4 is 5.32 Å². The van der Waals surface area contributed by atoms with Gasteiger partial charge in [0.1, 0.15) is 0 Å². The van der Waals surface area contributed by atoms with E-state index in [2.05, 4.69) is 17.4 Å². The monoisotopic (exact) mass is 448 g/mol. The number of nitrogens with zero attached hydrogens (tertiary/aromatic N) is 3. The summed E-state index contributed by atoms with van der Waals surface area (Å²) in [6, 6.07) is 15.4. The van der Waals surface area contributed by atoms with E-state index in [9.17, 15) is 9.59 Å². The van der Waals surface area contributed by atoms with Crippen molar-refractivity contribution in [2.45, 2.75) is 38.0 Å². The van der Waals surface area contributed by atoms with Crippen LogP contribution in [0.1, 0.15) is 53.4 Å². The number of benzene rings is 2. The maximum atomic E-state index is 12.8. The molecule has 2 fully saturated rings. The minimum Gasteiger partial charge on any atom is -0.339 e. The molecule has 0 atom stereocenters. The third-order valence-electron chi connectivity index (χ3n) is 6.45. The highest BCUT2D eigenvalue weighted by atomic mass is 32.1. The van der Waals surface area contributed by atoms with Gasteiger partial charge in [0.25, 0.3) is 5.91 Å². The average molecular weight is 449 g/mol. The van der Waals surface area contributed by atoms with Gasteiger partial charge in [-0.25, -0.2) is 9.78 Å². The SMILES string of the molecule is O=C(Nc1cccc(C(=O)N2CCCCC2)c1)N1CCC(c2nc3ccccc3s2)CC1. The number of nitrogens with one attached hydrogen (secondary N) is 1. The van der Waals surface area contributed by atoms with Crippen molar-refractivity contribution in [1.29, 1.82) is 0 Å². The minimum atomic E-state index is -0.102. The third-order valence-corrected chi connectivity index (χ3v) is 7.64. The molecule has 166 valence electrons. The number of piperidine rings is 2. The van der Waals surface area contributed by atoms with E-state index in [4.69, 9.17) is 4.98 Å². The first-order valence-corrected chi connectivity index (χ1v) is 12.3. The van der Waals surface area contributed by atoms with E-state index >= 15 is 0 Å². The Balaban J connectivity index is 1.18. The van der Waals surface area contributed by atoms with Crippen molar-refractivity contribution in [3.8, 4) is 0 Å². The lowest BCUT2D eigenvalue weighted by molar-refractivity contribution is 0.0724. The first kappa shape index (κ1) is 20.9. The summed E-state index contributed by atoms with van der Waals surface area (Å²) in [6.45, 7) is 3.05. The molecular weight excluding hydrogens is 420 g/mol. The standard InChI is InChI=1S/C25H28N4O2S/c30-24(28-13-4-1-5-14-28)19-7-6-8-20(17-19)26-25(31)29-15-11-18(12-16-29)23-27-21-9-2-3-10-22(21)32-23/h2-3,6-10,17-18H,1,4-5,11-16H2,(H,26,31). The summed E-state index contributed by atoms with van der Waals surface area (Å²) in [5, 5.41) is 4.17. The van der Waals surface area contributed by atoms with E-state index < -0.39 is 0 Å². The van der Waals surface area contributed by atoms with Crippen molar-refractivity contribution in [1.82, 2.24) is 14.8 Å². The second-order valence-electron chi connectivity index (χ2n) is 8.64. The fourth-order valence-electron chi connectivity index (χ4n) is 4.61. The molecule has 5 rings (SSSR count). The van der Waals surface area contributed by atoms with Crippen LogP contribution in [0.5, 0.6) is 0 Å². The fourth-order valence-corrected chi connectivity index (χ4v) is 5.74. The minimum absolute atomic E-state index is 0.0532. The highest BCUT2D eigenvalue weighted by molar-refractivity contribution is 7.18. The van der Waals surface area contributed by atoms with Gasteiger partial charge >= 0.3 is 6.03 Å². The molecule has 2 aliphatic rings. The highest BCUT2D eigenvalue weighted by Gasteiger charge is 2.26. The summed E-state index contributed by atoms with van der Waals surface area (Å²) in [6.07, 6.45) is 5.15. The number of hydrogen-bond donors (Lipinski definition) is 1. The lowest BCUT2D eigenvalue weighted by atomic mass is 9.98. The molecule has 3 heterocycles. The smallest absolute Gasteiger partial charge is 0.321 e. The van der Waals surface area contributed by atoms with Crippen molar-refractivity contribution >= 4 is 39.2 Å². The first-order chi connectivity index (χ1) is 15.7. The van der Waals surface area contributed by atoms with E-state index in [0.29, 0.717) is 30.3 Å². The number of thiazole rings is 1.